The molecule has 3 rings (SSSR count). The monoisotopic (exact) mass is 274 g/mol. The Morgan fingerprint density at radius 1 is 1.30 bits per heavy atom. The van der Waals surface area contributed by atoms with Crippen LogP contribution in [0.25, 0.3) is 0 Å². The van der Waals surface area contributed by atoms with Gasteiger partial charge in [0.1, 0.15) is 0 Å². The first-order chi connectivity index (χ1) is 9.76. The highest BCUT2D eigenvalue weighted by Gasteiger charge is 2.22. The molecule has 0 saturated heterocycles. The van der Waals surface area contributed by atoms with E-state index < -0.39 is 0 Å². The number of anilines is 1. The Kier molecular flexibility index (Phi) is 4.20. The Balaban J connectivity index is 1.63. The number of aryl methyl sites for hydroxylation is 1. The summed E-state index contributed by atoms with van der Waals surface area (Å²) in [6.45, 7) is 7.32. The Bertz CT molecular complexity index is 452. The molecule has 0 unspecified atom stereocenters. The number of nitrogens with one attached hydrogen (secondary N) is 1. The van der Waals surface area contributed by atoms with Gasteiger partial charge >= 0.3 is 0 Å². The summed E-state index contributed by atoms with van der Waals surface area (Å²) in [6.07, 6.45) is 8.80. The van der Waals surface area contributed by atoms with E-state index in [9.17, 15) is 0 Å². The molecule has 1 aromatic rings. The lowest BCUT2D eigenvalue weighted by molar-refractivity contribution is 0.317. The van der Waals surface area contributed by atoms with Crippen LogP contribution in [0.15, 0.2) is 6.20 Å². The standard InChI is InChI=1S/C16H26N4/c1-3-20(11-13-5-4-6-13)16-18-10-14(12(2)19-16)9-17-15-7-8-15/h10,13,15,17H,3-9,11H2,1-2H3. The molecule has 1 N–H and O–H groups in total. The highest BCUT2D eigenvalue weighted by atomic mass is 15.2. The number of aromatic nitrogens is 2. The molecular formula is C16H26N4. The van der Waals surface area contributed by atoms with Gasteiger partial charge in [-0.05, 0) is 45.4 Å². The molecule has 0 aromatic carbocycles. The third-order valence-electron chi connectivity index (χ3n) is 4.59. The van der Waals surface area contributed by atoms with Crippen LogP contribution in [0.2, 0.25) is 0 Å². The summed E-state index contributed by atoms with van der Waals surface area (Å²) in [5.41, 5.74) is 2.36. The van der Waals surface area contributed by atoms with Gasteiger partial charge in [-0.1, -0.05) is 6.42 Å². The van der Waals surface area contributed by atoms with E-state index >= 15 is 0 Å². The molecule has 2 fully saturated rings. The molecule has 0 spiro atoms. The Hall–Kier alpha value is -1.16. The largest absolute Gasteiger partial charge is 0.341 e. The zero-order valence-corrected chi connectivity index (χ0v) is 12.7. The van der Waals surface area contributed by atoms with Crippen LogP contribution >= 0.6 is 0 Å². The van der Waals surface area contributed by atoms with E-state index in [2.05, 4.69) is 29.0 Å². The molecule has 1 heterocycles. The second-order valence-electron chi connectivity index (χ2n) is 6.27. The van der Waals surface area contributed by atoms with Gasteiger partial charge in [0.05, 0.1) is 0 Å². The number of nitrogens with zero attached hydrogens (tertiary/aromatic N) is 3. The third kappa shape index (κ3) is 3.29. The average Bonchev–Trinajstić information content (AvgIpc) is 3.20. The zero-order valence-electron chi connectivity index (χ0n) is 12.7. The fourth-order valence-electron chi connectivity index (χ4n) is 2.69. The van der Waals surface area contributed by atoms with E-state index in [0.29, 0.717) is 0 Å². The van der Waals surface area contributed by atoms with Crippen molar-refractivity contribution >= 4 is 5.95 Å². The summed E-state index contributed by atoms with van der Waals surface area (Å²) >= 11 is 0. The van der Waals surface area contributed by atoms with E-state index in [1.54, 1.807) is 0 Å². The lowest BCUT2D eigenvalue weighted by atomic mass is 9.85. The molecule has 0 radical (unpaired) electrons. The quantitative estimate of drug-likeness (QED) is 0.830. The van der Waals surface area contributed by atoms with Gasteiger partial charge in [0.15, 0.2) is 0 Å². The first-order valence-electron chi connectivity index (χ1n) is 8.07. The molecule has 2 saturated carbocycles. The molecule has 20 heavy (non-hydrogen) atoms. The molecular weight excluding hydrogens is 248 g/mol. The summed E-state index contributed by atoms with van der Waals surface area (Å²) in [5, 5.41) is 3.53. The van der Waals surface area contributed by atoms with Crippen LogP contribution in [0.5, 0.6) is 0 Å². The summed E-state index contributed by atoms with van der Waals surface area (Å²) < 4.78 is 0. The van der Waals surface area contributed by atoms with Crippen molar-refractivity contribution in [1.29, 1.82) is 0 Å². The number of hydrogen-bond donors (Lipinski definition) is 1. The van der Waals surface area contributed by atoms with Crippen molar-refractivity contribution in [2.75, 3.05) is 18.0 Å². The van der Waals surface area contributed by atoms with Crippen LogP contribution in [0, 0.1) is 12.8 Å². The van der Waals surface area contributed by atoms with Crippen molar-refractivity contribution in [3.8, 4) is 0 Å². The fraction of sp³-hybridized carbons (Fsp3) is 0.750. The maximum Gasteiger partial charge on any atom is 0.225 e. The van der Waals surface area contributed by atoms with Crippen molar-refractivity contribution < 1.29 is 0 Å². The second-order valence-corrected chi connectivity index (χ2v) is 6.27. The number of hydrogen-bond acceptors (Lipinski definition) is 4. The van der Waals surface area contributed by atoms with E-state index in [1.165, 1.54) is 37.7 Å². The van der Waals surface area contributed by atoms with Gasteiger partial charge in [0.2, 0.25) is 5.95 Å². The topological polar surface area (TPSA) is 41.1 Å². The van der Waals surface area contributed by atoms with E-state index in [1.807, 2.05) is 6.20 Å². The van der Waals surface area contributed by atoms with Crippen molar-refractivity contribution in [3.05, 3.63) is 17.5 Å². The molecule has 0 bridgehead atoms. The minimum absolute atomic E-state index is 0.736. The summed E-state index contributed by atoms with van der Waals surface area (Å²) in [6, 6.07) is 0.736. The maximum atomic E-state index is 4.73. The summed E-state index contributed by atoms with van der Waals surface area (Å²) in [5.74, 6) is 1.77. The maximum absolute atomic E-state index is 4.73. The summed E-state index contributed by atoms with van der Waals surface area (Å²) in [4.78, 5) is 11.7. The van der Waals surface area contributed by atoms with E-state index in [4.69, 9.17) is 4.98 Å². The molecule has 0 atom stereocenters. The van der Waals surface area contributed by atoms with Gasteiger partial charge in [-0.2, -0.15) is 0 Å². The molecule has 0 amide bonds. The molecule has 1 aromatic heterocycles. The number of rotatable bonds is 7. The zero-order chi connectivity index (χ0) is 13.9. The Morgan fingerprint density at radius 3 is 2.65 bits per heavy atom. The predicted molar refractivity (Wildman–Crippen MR) is 81.9 cm³/mol. The average molecular weight is 274 g/mol. The van der Waals surface area contributed by atoms with Gasteiger partial charge in [0, 0.05) is 43.1 Å². The molecule has 4 nitrogen and oxygen atoms in total. The van der Waals surface area contributed by atoms with Crippen LogP contribution < -0.4 is 10.2 Å². The lowest BCUT2D eigenvalue weighted by Crippen LogP contribution is -2.33. The van der Waals surface area contributed by atoms with Gasteiger partial charge in [-0.3, -0.25) is 0 Å². The molecule has 0 aliphatic heterocycles. The lowest BCUT2D eigenvalue weighted by Gasteiger charge is -2.32. The normalized spacial score (nSPS) is 18.9. The van der Waals surface area contributed by atoms with Crippen molar-refractivity contribution in [2.24, 2.45) is 5.92 Å². The SMILES string of the molecule is CCN(CC1CCC1)c1ncc(CNC2CC2)c(C)n1. The molecule has 110 valence electrons. The molecule has 2 aliphatic carbocycles. The highest BCUT2D eigenvalue weighted by Crippen LogP contribution is 2.28. The Labute approximate surface area is 122 Å². The fourth-order valence-corrected chi connectivity index (χ4v) is 2.69. The van der Waals surface area contributed by atoms with Crippen LogP contribution in [0.1, 0.15) is 50.3 Å². The van der Waals surface area contributed by atoms with E-state index in [-0.39, 0.29) is 0 Å². The highest BCUT2D eigenvalue weighted by molar-refractivity contribution is 5.33. The van der Waals surface area contributed by atoms with Gasteiger partial charge < -0.3 is 10.2 Å². The summed E-state index contributed by atoms with van der Waals surface area (Å²) in [7, 11) is 0. The smallest absolute Gasteiger partial charge is 0.225 e. The first kappa shape index (κ1) is 13.8. The van der Waals surface area contributed by atoms with Crippen molar-refractivity contribution in [2.45, 2.75) is 58.5 Å². The van der Waals surface area contributed by atoms with Gasteiger partial charge in [-0.25, -0.2) is 9.97 Å². The van der Waals surface area contributed by atoms with Crippen molar-refractivity contribution in [3.63, 3.8) is 0 Å². The van der Waals surface area contributed by atoms with Crippen molar-refractivity contribution in [1.82, 2.24) is 15.3 Å². The van der Waals surface area contributed by atoms with Crippen LogP contribution in [0.3, 0.4) is 0 Å². The van der Waals surface area contributed by atoms with Crippen LogP contribution in [0.4, 0.5) is 5.95 Å². The third-order valence-corrected chi connectivity index (χ3v) is 4.59. The minimum Gasteiger partial charge on any atom is -0.341 e. The van der Waals surface area contributed by atoms with Crippen LogP contribution in [-0.4, -0.2) is 29.1 Å². The van der Waals surface area contributed by atoms with E-state index in [0.717, 1.165) is 43.2 Å². The Morgan fingerprint density at radius 2 is 2.10 bits per heavy atom. The van der Waals surface area contributed by atoms with Crippen LogP contribution in [-0.2, 0) is 6.54 Å². The predicted octanol–water partition coefficient (Wildman–Crippen LogP) is 2.66. The molecule has 4 heteroatoms. The van der Waals surface area contributed by atoms with Gasteiger partial charge in [0.25, 0.3) is 0 Å². The molecule has 2 aliphatic rings. The first-order valence-corrected chi connectivity index (χ1v) is 8.07. The minimum atomic E-state index is 0.736. The second kappa shape index (κ2) is 6.08. The van der Waals surface area contributed by atoms with Gasteiger partial charge in [-0.15, -0.1) is 0 Å².